The number of rotatable bonds is 5. The molecular formula is C17H21ClN2. The summed E-state index contributed by atoms with van der Waals surface area (Å²) in [7, 11) is 2.10. The summed E-state index contributed by atoms with van der Waals surface area (Å²) in [5.74, 6) is 0. The molecule has 0 fully saturated rings. The van der Waals surface area contributed by atoms with E-state index in [4.69, 9.17) is 17.3 Å². The predicted molar refractivity (Wildman–Crippen MR) is 87.4 cm³/mol. The zero-order valence-corrected chi connectivity index (χ0v) is 12.7. The molecule has 0 spiro atoms. The first-order valence-electron chi connectivity index (χ1n) is 6.86. The Labute approximate surface area is 126 Å². The number of likely N-dealkylation sites (N-methyl/N-ethyl adjacent to an activating group) is 1. The van der Waals surface area contributed by atoms with Crippen LogP contribution in [-0.2, 0) is 6.42 Å². The fourth-order valence-electron chi connectivity index (χ4n) is 2.39. The van der Waals surface area contributed by atoms with Crippen molar-refractivity contribution in [2.45, 2.75) is 25.4 Å². The van der Waals surface area contributed by atoms with Crippen LogP contribution in [-0.4, -0.2) is 19.1 Å². The second-order valence-electron chi connectivity index (χ2n) is 5.20. The van der Waals surface area contributed by atoms with Gasteiger partial charge in [-0.25, -0.2) is 0 Å². The molecular weight excluding hydrogens is 268 g/mol. The Morgan fingerprint density at radius 3 is 2.20 bits per heavy atom. The standard InChI is InChI=1S/C17H21ClN2/c1-13(19)17(12-14-8-10-15(18)11-9-14)20(2)16-6-4-3-5-7-16/h3-11,13,17H,12,19H2,1-2H3/t13-,17-/m1/s1. The highest BCUT2D eigenvalue weighted by atomic mass is 35.5. The number of anilines is 1. The van der Waals surface area contributed by atoms with E-state index in [0.717, 1.165) is 11.4 Å². The molecule has 0 heterocycles. The molecule has 2 N–H and O–H groups in total. The van der Waals surface area contributed by atoms with Gasteiger partial charge < -0.3 is 10.6 Å². The van der Waals surface area contributed by atoms with Gasteiger partial charge >= 0.3 is 0 Å². The maximum absolute atomic E-state index is 6.18. The largest absolute Gasteiger partial charge is 0.370 e. The lowest BCUT2D eigenvalue weighted by molar-refractivity contribution is 0.530. The minimum atomic E-state index is 0.0795. The molecule has 3 heteroatoms. The Morgan fingerprint density at radius 1 is 1.05 bits per heavy atom. The molecule has 0 aliphatic carbocycles. The number of halogens is 1. The van der Waals surface area contributed by atoms with Crippen LogP contribution in [0.5, 0.6) is 0 Å². The zero-order valence-electron chi connectivity index (χ0n) is 12.0. The molecule has 0 aromatic heterocycles. The van der Waals surface area contributed by atoms with Crippen LogP contribution in [0, 0.1) is 0 Å². The summed E-state index contributed by atoms with van der Waals surface area (Å²) in [5.41, 5.74) is 8.62. The molecule has 0 aliphatic heterocycles. The fraction of sp³-hybridized carbons (Fsp3) is 0.294. The van der Waals surface area contributed by atoms with Gasteiger partial charge in [0.1, 0.15) is 0 Å². The normalized spacial score (nSPS) is 13.8. The third kappa shape index (κ3) is 3.75. The number of nitrogens with zero attached hydrogens (tertiary/aromatic N) is 1. The Hall–Kier alpha value is -1.51. The van der Waals surface area contributed by atoms with Crippen LogP contribution >= 0.6 is 11.6 Å². The molecule has 2 rings (SSSR count). The minimum Gasteiger partial charge on any atom is -0.370 e. The van der Waals surface area contributed by atoms with E-state index in [0.29, 0.717) is 0 Å². The second-order valence-corrected chi connectivity index (χ2v) is 5.64. The first kappa shape index (κ1) is 14.9. The average Bonchev–Trinajstić information content (AvgIpc) is 2.46. The summed E-state index contributed by atoms with van der Waals surface area (Å²) >= 11 is 5.93. The quantitative estimate of drug-likeness (QED) is 0.908. The SMILES string of the molecule is C[C@@H](N)[C@@H](Cc1ccc(Cl)cc1)N(C)c1ccccc1. The number of hydrogen-bond donors (Lipinski definition) is 1. The average molecular weight is 289 g/mol. The highest BCUT2D eigenvalue weighted by molar-refractivity contribution is 6.30. The lowest BCUT2D eigenvalue weighted by Gasteiger charge is -2.33. The molecule has 0 saturated heterocycles. The monoisotopic (exact) mass is 288 g/mol. The van der Waals surface area contributed by atoms with Gasteiger partial charge in [-0.05, 0) is 43.2 Å². The van der Waals surface area contributed by atoms with Crippen LogP contribution < -0.4 is 10.6 Å². The maximum Gasteiger partial charge on any atom is 0.0475 e. The number of benzene rings is 2. The van der Waals surface area contributed by atoms with Crippen molar-refractivity contribution in [1.29, 1.82) is 0 Å². The van der Waals surface area contributed by atoms with Crippen LogP contribution in [0.2, 0.25) is 5.02 Å². The summed E-state index contributed by atoms with van der Waals surface area (Å²) in [6.07, 6.45) is 0.903. The minimum absolute atomic E-state index is 0.0795. The van der Waals surface area contributed by atoms with E-state index in [9.17, 15) is 0 Å². The summed E-state index contributed by atoms with van der Waals surface area (Å²) in [4.78, 5) is 2.25. The third-order valence-corrected chi connectivity index (χ3v) is 3.88. The van der Waals surface area contributed by atoms with Crippen molar-refractivity contribution in [2.75, 3.05) is 11.9 Å². The van der Waals surface area contributed by atoms with Gasteiger partial charge in [-0.2, -0.15) is 0 Å². The van der Waals surface area contributed by atoms with Crippen molar-refractivity contribution in [3.05, 3.63) is 65.2 Å². The topological polar surface area (TPSA) is 29.3 Å². The van der Waals surface area contributed by atoms with E-state index in [1.165, 1.54) is 11.3 Å². The van der Waals surface area contributed by atoms with E-state index in [-0.39, 0.29) is 12.1 Å². The number of para-hydroxylation sites is 1. The van der Waals surface area contributed by atoms with Gasteiger partial charge in [0.25, 0.3) is 0 Å². The molecule has 0 saturated carbocycles. The Morgan fingerprint density at radius 2 is 1.65 bits per heavy atom. The van der Waals surface area contributed by atoms with Crippen molar-refractivity contribution in [2.24, 2.45) is 5.73 Å². The van der Waals surface area contributed by atoms with Crippen LogP contribution in [0.4, 0.5) is 5.69 Å². The summed E-state index contributed by atoms with van der Waals surface area (Å²) < 4.78 is 0. The summed E-state index contributed by atoms with van der Waals surface area (Å²) in [6.45, 7) is 2.06. The third-order valence-electron chi connectivity index (χ3n) is 3.63. The summed E-state index contributed by atoms with van der Waals surface area (Å²) in [6, 6.07) is 18.7. The molecule has 2 atom stereocenters. The van der Waals surface area contributed by atoms with Crippen LogP contribution in [0.3, 0.4) is 0 Å². The van der Waals surface area contributed by atoms with Gasteiger partial charge in [0, 0.05) is 29.8 Å². The van der Waals surface area contributed by atoms with Gasteiger partial charge in [0.05, 0.1) is 0 Å². The fourth-order valence-corrected chi connectivity index (χ4v) is 2.52. The molecule has 106 valence electrons. The van der Waals surface area contributed by atoms with Gasteiger partial charge in [0.2, 0.25) is 0 Å². The molecule has 2 nitrogen and oxygen atoms in total. The number of nitrogens with two attached hydrogens (primary N) is 1. The molecule has 20 heavy (non-hydrogen) atoms. The van der Waals surface area contributed by atoms with Crippen molar-refractivity contribution in [1.82, 2.24) is 0 Å². The van der Waals surface area contributed by atoms with Crippen molar-refractivity contribution in [3.8, 4) is 0 Å². The van der Waals surface area contributed by atoms with Gasteiger partial charge in [-0.3, -0.25) is 0 Å². The molecule has 0 bridgehead atoms. The van der Waals surface area contributed by atoms with E-state index in [2.05, 4.69) is 43.1 Å². The van der Waals surface area contributed by atoms with Crippen molar-refractivity contribution < 1.29 is 0 Å². The lowest BCUT2D eigenvalue weighted by atomic mass is 9.99. The van der Waals surface area contributed by atoms with E-state index >= 15 is 0 Å². The first-order valence-corrected chi connectivity index (χ1v) is 7.23. The van der Waals surface area contributed by atoms with E-state index < -0.39 is 0 Å². The highest BCUT2D eigenvalue weighted by Gasteiger charge is 2.19. The molecule has 0 unspecified atom stereocenters. The molecule has 2 aromatic rings. The van der Waals surface area contributed by atoms with Gasteiger partial charge in [-0.15, -0.1) is 0 Å². The molecule has 0 radical (unpaired) electrons. The molecule has 0 aliphatic rings. The Balaban J connectivity index is 2.17. The summed E-state index contributed by atoms with van der Waals surface area (Å²) in [5, 5.41) is 0.766. The van der Waals surface area contributed by atoms with Crippen LogP contribution in [0.25, 0.3) is 0 Å². The zero-order chi connectivity index (χ0) is 14.5. The van der Waals surface area contributed by atoms with Gasteiger partial charge in [-0.1, -0.05) is 41.9 Å². The van der Waals surface area contributed by atoms with Gasteiger partial charge in [0.15, 0.2) is 0 Å². The second kappa shape index (κ2) is 6.78. The smallest absolute Gasteiger partial charge is 0.0475 e. The van der Waals surface area contributed by atoms with Crippen molar-refractivity contribution >= 4 is 17.3 Å². The first-order chi connectivity index (χ1) is 9.58. The van der Waals surface area contributed by atoms with E-state index in [1.807, 2.05) is 30.3 Å². The maximum atomic E-state index is 6.18. The molecule has 2 aromatic carbocycles. The Kier molecular flexibility index (Phi) is 5.05. The van der Waals surface area contributed by atoms with E-state index in [1.54, 1.807) is 0 Å². The lowest BCUT2D eigenvalue weighted by Crippen LogP contribution is -2.46. The predicted octanol–water partition coefficient (Wildman–Crippen LogP) is 3.73. The highest BCUT2D eigenvalue weighted by Crippen LogP contribution is 2.19. The molecule has 0 amide bonds. The number of hydrogen-bond acceptors (Lipinski definition) is 2. The van der Waals surface area contributed by atoms with Crippen LogP contribution in [0.1, 0.15) is 12.5 Å². The Bertz CT molecular complexity index is 522. The van der Waals surface area contributed by atoms with Crippen LogP contribution in [0.15, 0.2) is 54.6 Å². The van der Waals surface area contributed by atoms with Crippen molar-refractivity contribution in [3.63, 3.8) is 0 Å².